The van der Waals surface area contributed by atoms with Crippen molar-refractivity contribution in [3.05, 3.63) is 0 Å². The van der Waals surface area contributed by atoms with Crippen molar-refractivity contribution in [2.24, 2.45) is 11.3 Å². The fraction of sp³-hybridized carbons (Fsp3) is 0.923. The normalized spacial score (nSPS) is 40.9. The second-order valence-electron chi connectivity index (χ2n) is 5.98. The van der Waals surface area contributed by atoms with Crippen LogP contribution in [-0.2, 0) is 4.79 Å². The highest BCUT2D eigenvalue weighted by Crippen LogP contribution is 2.48. The fourth-order valence-electron chi connectivity index (χ4n) is 3.96. The molecule has 2 heterocycles. The summed E-state index contributed by atoms with van der Waals surface area (Å²) in [6.07, 6.45) is 5.58. The zero-order chi connectivity index (χ0) is 11.9. The molecule has 0 radical (unpaired) electrons. The Bertz CT molecular complexity index is 315. The second kappa shape index (κ2) is 4.25. The van der Waals surface area contributed by atoms with Crippen molar-refractivity contribution in [1.29, 1.82) is 0 Å². The average molecular weight is 238 g/mol. The number of aliphatic hydroxyl groups excluding tert-OH is 1. The average Bonchev–Trinajstić information content (AvgIpc) is 3.03. The summed E-state index contributed by atoms with van der Waals surface area (Å²) in [6.45, 7) is 2.88. The fourth-order valence-corrected chi connectivity index (χ4v) is 3.96. The van der Waals surface area contributed by atoms with Crippen LogP contribution in [0.15, 0.2) is 0 Å². The number of nitrogens with one attached hydrogen (secondary N) is 1. The smallest absolute Gasteiger partial charge is 0.239 e. The first-order valence-corrected chi connectivity index (χ1v) is 6.88. The summed E-state index contributed by atoms with van der Waals surface area (Å²) < 4.78 is 0. The predicted molar refractivity (Wildman–Crippen MR) is 64.5 cm³/mol. The molecule has 0 aromatic carbocycles. The number of carbonyl (C=O) groups excluding carboxylic acids is 1. The first-order valence-electron chi connectivity index (χ1n) is 6.88. The molecule has 3 atom stereocenters. The molecule has 2 N–H and O–H groups in total. The first-order chi connectivity index (χ1) is 8.25. The molecular formula is C13H22N2O2. The molecule has 4 nitrogen and oxygen atoms in total. The Morgan fingerprint density at radius 1 is 1.41 bits per heavy atom. The van der Waals surface area contributed by atoms with Crippen LogP contribution >= 0.6 is 0 Å². The summed E-state index contributed by atoms with van der Waals surface area (Å²) in [5, 5.41) is 12.9. The van der Waals surface area contributed by atoms with E-state index in [-0.39, 0.29) is 24.0 Å². The van der Waals surface area contributed by atoms with Crippen molar-refractivity contribution in [3.8, 4) is 0 Å². The van der Waals surface area contributed by atoms with E-state index in [1.807, 2.05) is 4.90 Å². The third kappa shape index (κ3) is 1.78. The van der Waals surface area contributed by atoms with Gasteiger partial charge >= 0.3 is 0 Å². The molecule has 2 aliphatic heterocycles. The molecule has 1 amide bonds. The van der Waals surface area contributed by atoms with Crippen molar-refractivity contribution < 1.29 is 9.90 Å². The summed E-state index contributed by atoms with van der Waals surface area (Å²) in [4.78, 5) is 14.3. The summed E-state index contributed by atoms with van der Waals surface area (Å²) in [6, 6.07) is 0.0459. The minimum absolute atomic E-state index is 0.0360. The number of aliphatic hydroxyl groups is 1. The van der Waals surface area contributed by atoms with E-state index in [9.17, 15) is 9.90 Å². The third-order valence-electron chi connectivity index (χ3n) is 5.02. The Hall–Kier alpha value is -0.610. The lowest BCUT2D eigenvalue weighted by Gasteiger charge is -2.26. The van der Waals surface area contributed by atoms with E-state index in [0.717, 1.165) is 38.9 Å². The minimum atomic E-state index is 0.0360. The molecule has 3 rings (SSSR count). The first kappa shape index (κ1) is 11.5. The van der Waals surface area contributed by atoms with E-state index in [1.54, 1.807) is 0 Å². The molecule has 0 aromatic heterocycles. The number of fused-ring (bicyclic) bond motifs is 1. The summed E-state index contributed by atoms with van der Waals surface area (Å²) in [7, 11) is 0. The van der Waals surface area contributed by atoms with Gasteiger partial charge in [-0.15, -0.1) is 0 Å². The van der Waals surface area contributed by atoms with Crippen molar-refractivity contribution >= 4 is 5.91 Å². The molecule has 1 saturated carbocycles. The van der Waals surface area contributed by atoms with Crippen molar-refractivity contribution in [1.82, 2.24) is 10.2 Å². The maximum absolute atomic E-state index is 12.3. The molecule has 1 aliphatic carbocycles. The largest absolute Gasteiger partial charge is 0.396 e. The van der Waals surface area contributed by atoms with Crippen LogP contribution in [0.25, 0.3) is 0 Å². The monoisotopic (exact) mass is 238 g/mol. The van der Waals surface area contributed by atoms with Gasteiger partial charge in [-0.1, -0.05) is 6.42 Å². The molecule has 96 valence electrons. The molecule has 0 aromatic rings. The van der Waals surface area contributed by atoms with E-state index in [1.165, 1.54) is 12.8 Å². The van der Waals surface area contributed by atoms with Gasteiger partial charge in [0, 0.05) is 18.5 Å². The van der Waals surface area contributed by atoms with Crippen LogP contribution in [0, 0.1) is 11.3 Å². The lowest BCUT2D eigenvalue weighted by atomic mass is 9.82. The molecule has 0 bridgehead atoms. The Balaban J connectivity index is 1.69. The molecule has 3 aliphatic rings. The Labute approximate surface area is 102 Å². The maximum atomic E-state index is 12.3. The third-order valence-corrected chi connectivity index (χ3v) is 5.02. The topological polar surface area (TPSA) is 52.6 Å². The minimum Gasteiger partial charge on any atom is -0.396 e. The molecule has 2 saturated heterocycles. The lowest BCUT2D eigenvalue weighted by molar-refractivity contribution is -0.132. The van der Waals surface area contributed by atoms with Crippen LogP contribution in [0.1, 0.15) is 32.1 Å². The zero-order valence-electron chi connectivity index (χ0n) is 10.3. The van der Waals surface area contributed by atoms with Gasteiger partial charge in [0.25, 0.3) is 0 Å². The Kier molecular flexibility index (Phi) is 2.87. The molecule has 3 fully saturated rings. The Morgan fingerprint density at radius 3 is 2.94 bits per heavy atom. The highest BCUT2D eigenvalue weighted by Gasteiger charge is 2.50. The van der Waals surface area contributed by atoms with Gasteiger partial charge in [-0.3, -0.25) is 4.79 Å². The highest BCUT2D eigenvalue weighted by molar-refractivity contribution is 5.82. The van der Waals surface area contributed by atoms with Crippen molar-refractivity contribution in [3.63, 3.8) is 0 Å². The molecule has 0 spiro atoms. The second-order valence-corrected chi connectivity index (χ2v) is 5.98. The van der Waals surface area contributed by atoms with Crippen LogP contribution in [-0.4, -0.2) is 48.2 Å². The number of amides is 1. The Morgan fingerprint density at radius 2 is 2.29 bits per heavy atom. The van der Waals surface area contributed by atoms with Gasteiger partial charge in [0.05, 0.1) is 12.6 Å². The maximum Gasteiger partial charge on any atom is 0.239 e. The van der Waals surface area contributed by atoms with Crippen molar-refractivity contribution in [2.75, 3.05) is 26.2 Å². The summed E-state index contributed by atoms with van der Waals surface area (Å²) in [5.41, 5.74) is 0.0360. The number of nitrogens with zero attached hydrogens (tertiary/aromatic N) is 1. The van der Waals surface area contributed by atoms with Gasteiger partial charge < -0.3 is 15.3 Å². The zero-order valence-corrected chi connectivity index (χ0v) is 10.3. The lowest BCUT2D eigenvalue weighted by Crippen LogP contribution is -2.43. The molecule has 0 unspecified atom stereocenters. The van der Waals surface area contributed by atoms with E-state index < -0.39 is 0 Å². The predicted octanol–water partition coefficient (Wildman–Crippen LogP) is 0.359. The van der Waals surface area contributed by atoms with Crippen LogP contribution in [0.5, 0.6) is 0 Å². The number of rotatable bonds is 2. The molecule has 17 heavy (non-hydrogen) atoms. The van der Waals surface area contributed by atoms with Crippen LogP contribution in [0.4, 0.5) is 0 Å². The molecule has 4 heteroatoms. The van der Waals surface area contributed by atoms with E-state index in [4.69, 9.17) is 0 Å². The summed E-state index contributed by atoms with van der Waals surface area (Å²) >= 11 is 0. The van der Waals surface area contributed by atoms with E-state index >= 15 is 0 Å². The van der Waals surface area contributed by atoms with Crippen molar-refractivity contribution in [2.45, 2.75) is 38.1 Å². The number of carbonyl (C=O) groups is 1. The van der Waals surface area contributed by atoms with Gasteiger partial charge in [0.2, 0.25) is 5.91 Å². The number of hydrogen-bond donors (Lipinski definition) is 2. The van der Waals surface area contributed by atoms with E-state index in [2.05, 4.69) is 5.32 Å². The molecular weight excluding hydrogens is 216 g/mol. The SMILES string of the molecule is O=C([C@@H]1CCCN1)N1C[C@H]2CCC[C@@]2(CO)C1. The van der Waals surface area contributed by atoms with Gasteiger partial charge in [-0.2, -0.15) is 0 Å². The van der Waals surface area contributed by atoms with Gasteiger partial charge in [0.15, 0.2) is 0 Å². The standard InChI is InChI=1S/C13H22N2O2/c16-9-13-5-1-3-10(13)7-15(8-13)12(17)11-4-2-6-14-11/h10-11,14,16H,1-9H2/t10-,11+,13+/m1/s1. The van der Waals surface area contributed by atoms with Gasteiger partial charge in [-0.05, 0) is 38.1 Å². The van der Waals surface area contributed by atoms with Crippen LogP contribution in [0.3, 0.4) is 0 Å². The summed E-state index contributed by atoms with van der Waals surface area (Å²) in [5.74, 6) is 0.808. The van der Waals surface area contributed by atoms with Gasteiger partial charge in [0.1, 0.15) is 0 Å². The van der Waals surface area contributed by atoms with Crippen LogP contribution < -0.4 is 5.32 Å². The number of hydrogen-bond acceptors (Lipinski definition) is 3. The van der Waals surface area contributed by atoms with E-state index in [0.29, 0.717) is 5.92 Å². The highest BCUT2D eigenvalue weighted by atomic mass is 16.3. The van der Waals surface area contributed by atoms with Crippen LogP contribution in [0.2, 0.25) is 0 Å². The van der Waals surface area contributed by atoms with Gasteiger partial charge in [-0.25, -0.2) is 0 Å². The number of likely N-dealkylation sites (tertiary alicyclic amines) is 1. The quantitative estimate of drug-likeness (QED) is 0.730.